The molecule has 2 aromatic rings. The molecule has 0 aliphatic heterocycles. The number of aryl methyl sites for hydroxylation is 2. The van der Waals surface area contributed by atoms with Gasteiger partial charge in [0, 0.05) is 5.38 Å². The maximum absolute atomic E-state index is 12.2. The molecule has 1 unspecified atom stereocenters. The molecule has 1 aromatic carbocycles. The fourth-order valence-electron chi connectivity index (χ4n) is 2.39. The first-order chi connectivity index (χ1) is 11.0. The molecule has 0 saturated heterocycles. The molecule has 0 radical (unpaired) electrons. The lowest BCUT2D eigenvalue weighted by atomic mass is 9.98. The van der Waals surface area contributed by atoms with Crippen LogP contribution in [0.5, 0.6) is 0 Å². The van der Waals surface area contributed by atoms with E-state index in [-0.39, 0.29) is 18.7 Å². The minimum absolute atomic E-state index is 0.145. The lowest BCUT2D eigenvalue weighted by Gasteiger charge is -2.19. The van der Waals surface area contributed by atoms with Crippen molar-refractivity contribution in [1.29, 1.82) is 0 Å². The summed E-state index contributed by atoms with van der Waals surface area (Å²) in [5.74, 6) is -1.16. The molecule has 0 spiro atoms. The van der Waals surface area contributed by atoms with Crippen LogP contribution in [0.1, 0.15) is 41.2 Å². The third-order valence-electron chi connectivity index (χ3n) is 3.52. The van der Waals surface area contributed by atoms with E-state index in [2.05, 4.69) is 10.3 Å². The molecule has 0 saturated carbocycles. The molecule has 1 aromatic heterocycles. The fourth-order valence-corrected chi connectivity index (χ4v) is 3.14. The van der Waals surface area contributed by atoms with E-state index in [1.165, 1.54) is 11.3 Å². The first-order valence-corrected chi connectivity index (χ1v) is 8.37. The second kappa shape index (κ2) is 7.87. The molecule has 2 rings (SSSR count). The van der Waals surface area contributed by atoms with Gasteiger partial charge in [-0.2, -0.15) is 0 Å². The average Bonchev–Trinajstić information content (AvgIpc) is 2.94. The summed E-state index contributed by atoms with van der Waals surface area (Å²) in [6.07, 6.45) is 0.865. The predicted molar refractivity (Wildman–Crippen MR) is 89.5 cm³/mol. The summed E-state index contributed by atoms with van der Waals surface area (Å²) in [6.45, 7) is 3.92. The van der Waals surface area contributed by atoms with Gasteiger partial charge in [0.2, 0.25) is 5.91 Å². The maximum atomic E-state index is 12.2. The van der Waals surface area contributed by atoms with E-state index in [4.69, 9.17) is 5.11 Å². The van der Waals surface area contributed by atoms with Crippen molar-refractivity contribution < 1.29 is 14.7 Å². The molecule has 0 fully saturated rings. The van der Waals surface area contributed by atoms with Gasteiger partial charge in [-0.15, -0.1) is 11.3 Å². The highest BCUT2D eigenvalue weighted by Crippen LogP contribution is 2.21. The summed E-state index contributed by atoms with van der Waals surface area (Å²) in [6, 6.07) is 6.95. The predicted octanol–water partition coefficient (Wildman–Crippen LogP) is 2.89. The molecule has 6 heteroatoms. The minimum Gasteiger partial charge on any atom is -0.481 e. The number of hydrogen-bond donors (Lipinski definition) is 2. The number of carboxylic acids is 1. The number of nitrogens with one attached hydrogen (secondary N) is 1. The van der Waals surface area contributed by atoms with Crippen LogP contribution in [-0.2, 0) is 22.4 Å². The normalized spacial score (nSPS) is 11.9. The third kappa shape index (κ3) is 4.89. The highest BCUT2D eigenvalue weighted by atomic mass is 32.1. The molecule has 2 N–H and O–H groups in total. The van der Waals surface area contributed by atoms with Crippen molar-refractivity contribution in [3.05, 3.63) is 51.5 Å². The quantitative estimate of drug-likeness (QED) is 0.817. The van der Waals surface area contributed by atoms with Gasteiger partial charge in [0.15, 0.2) is 0 Å². The highest BCUT2D eigenvalue weighted by molar-refractivity contribution is 7.09. The van der Waals surface area contributed by atoms with Crippen LogP contribution in [0.25, 0.3) is 0 Å². The molecule has 0 aliphatic rings. The van der Waals surface area contributed by atoms with Crippen LogP contribution < -0.4 is 5.32 Å². The lowest BCUT2D eigenvalue weighted by Crippen LogP contribution is -2.31. The second-order valence-electron chi connectivity index (χ2n) is 5.34. The van der Waals surface area contributed by atoms with Gasteiger partial charge in [-0.3, -0.25) is 9.59 Å². The fraction of sp³-hybridized carbons (Fsp3) is 0.353. The van der Waals surface area contributed by atoms with Crippen LogP contribution >= 0.6 is 11.3 Å². The largest absolute Gasteiger partial charge is 0.481 e. The first kappa shape index (κ1) is 17.1. The Hall–Kier alpha value is -2.21. The number of carbonyl (C=O) groups excluding carboxylic acids is 1. The van der Waals surface area contributed by atoms with Crippen molar-refractivity contribution in [2.75, 3.05) is 0 Å². The van der Waals surface area contributed by atoms with E-state index >= 15 is 0 Å². The summed E-state index contributed by atoms with van der Waals surface area (Å²) < 4.78 is 0. The van der Waals surface area contributed by atoms with E-state index < -0.39 is 12.0 Å². The van der Waals surface area contributed by atoms with Crippen LogP contribution in [0, 0.1) is 6.92 Å². The van der Waals surface area contributed by atoms with Gasteiger partial charge in [-0.1, -0.05) is 31.2 Å². The van der Waals surface area contributed by atoms with Gasteiger partial charge in [0.1, 0.15) is 0 Å². The van der Waals surface area contributed by atoms with E-state index in [1.807, 2.05) is 43.5 Å². The average molecular weight is 332 g/mol. The Kier molecular flexibility index (Phi) is 5.87. The smallest absolute Gasteiger partial charge is 0.305 e. The topological polar surface area (TPSA) is 79.3 Å². The maximum Gasteiger partial charge on any atom is 0.305 e. The summed E-state index contributed by atoms with van der Waals surface area (Å²) in [5, 5.41) is 14.8. The Bertz CT molecular complexity index is 697. The van der Waals surface area contributed by atoms with Gasteiger partial charge in [0.25, 0.3) is 0 Å². The number of aromatic nitrogens is 1. The SMILES string of the molecule is CCc1nc(CC(=O)NC(CC(=O)O)c2ccccc2C)cs1. The van der Waals surface area contributed by atoms with Gasteiger partial charge in [-0.25, -0.2) is 4.98 Å². The Morgan fingerprint density at radius 3 is 2.70 bits per heavy atom. The zero-order valence-electron chi connectivity index (χ0n) is 13.2. The molecule has 0 aliphatic carbocycles. The summed E-state index contributed by atoms with van der Waals surface area (Å²) >= 11 is 1.53. The van der Waals surface area contributed by atoms with Crippen molar-refractivity contribution >= 4 is 23.2 Å². The number of aliphatic carboxylic acids is 1. The highest BCUT2D eigenvalue weighted by Gasteiger charge is 2.20. The Morgan fingerprint density at radius 1 is 1.35 bits per heavy atom. The Morgan fingerprint density at radius 2 is 2.09 bits per heavy atom. The van der Waals surface area contributed by atoms with Gasteiger partial charge in [-0.05, 0) is 24.5 Å². The molecule has 122 valence electrons. The monoisotopic (exact) mass is 332 g/mol. The Labute approximate surface area is 139 Å². The van der Waals surface area contributed by atoms with Crippen LogP contribution in [0.4, 0.5) is 0 Å². The van der Waals surface area contributed by atoms with Crippen molar-refractivity contribution in [1.82, 2.24) is 10.3 Å². The third-order valence-corrected chi connectivity index (χ3v) is 4.56. The lowest BCUT2D eigenvalue weighted by molar-refractivity contribution is -0.137. The molecular weight excluding hydrogens is 312 g/mol. The number of nitrogens with zero attached hydrogens (tertiary/aromatic N) is 1. The summed E-state index contributed by atoms with van der Waals surface area (Å²) in [7, 11) is 0. The van der Waals surface area contributed by atoms with Crippen molar-refractivity contribution in [3.63, 3.8) is 0 Å². The first-order valence-electron chi connectivity index (χ1n) is 7.49. The Balaban J connectivity index is 2.09. The number of carbonyl (C=O) groups is 2. The molecule has 1 amide bonds. The standard InChI is InChI=1S/C17H20N2O3S/c1-3-16-18-12(10-23-16)8-15(20)19-14(9-17(21)22)13-7-5-4-6-11(13)2/h4-7,10,14H,3,8-9H2,1-2H3,(H,19,20)(H,21,22). The number of thiazole rings is 1. The minimum atomic E-state index is -0.944. The molecule has 1 heterocycles. The van der Waals surface area contributed by atoms with E-state index in [0.717, 1.165) is 28.2 Å². The zero-order chi connectivity index (χ0) is 16.8. The number of carboxylic acid groups (broad SMARTS) is 1. The number of hydrogen-bond acceptors (Lipinski definition) is 4. The van der Waals surface area contributed by atoms with Crippen molar-refractivity contribution in [3.8, 4) is 0 Å². The van der Waals surface area contributed by atoms with Gasteiger partial charge in [0.05, 0.1) is 29.6 Å². The zero-order valence-corrected chi connectivity index (χ0v) is 14.0. The molecule has 23 heavy (non-hydrogen) atoms. The molecule has 5 nitrogen and oxygen atoms in total. The van der Waals surface area contributed by atoms with Crippen LogP contribution in [-0.4, -0.2) is 22.0 Å². The molecule has 1 atom stereocenters. The number of benzene rings is 1. The molecular formula is C17H20N2O3S. The number of amides is 1. The second-order valence-corrected chi connectivity index (χ2v) is 6.28. The summed E-state index contributed by atoms with van der Waals surface area (Å²) in [5.41, 5.74) is 2.51. The van der Waals surface area contributed by atoms with Crippen molar-refractivity contribution in [2.45, 2.75) is 39.2 Å². The van der Waals surface area contributed by atoms with Gasteiger partial charge < -0.3 is 10.4 Å². The van der Waals surface area contributed by atoms with Crippen LogP contribution in [0.2, 0.25) is 0 Å². The van der Waals surface area contributed by atoms with E-state index in [0.29, 0.717) is 0 Å². The van der Waals surface area contributed by atoms with Gasteiger partial charge >= 0.3 is 5.97 Å². The molecule has 0 bridgehead atoms. The van der Waals surface area contributed by atoms with Crippen LogP contribution in [0.15, 0.2) is 29.6 Å². The van der Waals surface area contributed by atoms with E-state index in [1.54, 1.807) is 0 Å². The summed E-state index contributed by atoms with van der Waals surface area (Å²) in [4.78, 5) is 27.7. The van der Waals surface area contributed by atoms with E-state index in [9.17, 15) is 9.59 Å². The van der Waals surface area contributed by atoms with Crippen molar-refractivity contribution in [2.24, 2.45) is 0 Å². The number of rotatable bonds is 7. The van der Waals surface area contributed by atoms with Crippen LogP contribution in [0.3, 0.4) is 0 Å².